The third kappa shape index (κ3) is 3.99. The van der Waals surface area contributed by atoms with Gasteiger partial charge in [0.1, 0.15) is 5.82 Å². The van der Waals surface area contributed by atoms with Gasteiger partial charge < -0.3 is 4.57 Å². The summed E-state index contributed by atoms with van der Waals surface area (Å²) in [6.07, 6.45) is 3.12. The molecule has 0 spiro atoms. The van der Waals surface area contributed by atoms with Crippen LogP contribution in [0.15, 0.2) is 113 Å². The van der Waals surface area contributed by atoms with Gasteiger partial charge in [0, 0.05) is 17.9 Å². The summed E-state index contributed by atoms with van der Waals surface area (Å²) in [7, 11) is -4.00. The Morgan fingerprint density at radius 1 is 0.743 bits per heavy atom. The second-order valence-corrected chi connectivity index (χ2v) is 9.53. The molecule has 0 saturated heterocycles. The maximum Gasteiger partial charge on any atom is 2.00 e. The molecule has 6 rings (SSSR count). The quantitative estimate of drug-likeness (QED) is 0.230. The summed E-state index contributed by atoms with van der Waals surface area (Å²) in [6, 6.07) is 32.0. The summed E-state index contributed by atoms with van der Waals surface area (Å²) in [5.41, 5.74) is 3.12. The number of sulfone groups is 1. The molecular formula is C28H17N3O2PtS. The minimum absolute atomic E-state index is 0. The van der Waals surface area contributed by atoms with Crippen LogP contribution in [0.1, 0.15) is 1.37 Å². The minimum Gasteiger partial charge on any atom is -0.314 e. The fourth-order valence-electron chi connectivity index (χ4n) is 4.10. The molecule has 0 N–H and O–H groups in total. The van der Waals surface area contributed by atoms with E-state index in [0.717, 1.165) is 27.6 Å². The van der Waals surface area contributed by atoms with E-state index in [4.69, 9.17) is 1.37 Å². The maximum absolute atomic E-state index is 13.2. The van der Waals surface area contributed by atoms with Crippen LogP contribution in [0, 0.1) is 12.1 Å². The summed E-state index contributed by atoms with van der Waals surface area (Å²) in [4.78, 5) is 8.43. The predicted molar refractivity (Wildman–Crippen MR) is 131 cm³/mol. The number of hydrogen-bond acceptors (Lipinski definition) is 4. The fourth-order valence-corrected chi connectivity index (χ4v) is 5.23. The third-order valence-corrected chi connectivity index (χ3v) is 7.19. The van der Waals surface area contributed by atoms with E-state index in [0.29, 0.717) is 11.1 Å². The number of benzene rings is 3. The van der Waals surface area contributed by atoms with Gasteiger partial charge in [-0.2, -0.15) is 30.3 Å². The van der Waals surface area contributed by atoms with Crippen molar-refractivity contribution >= 4 is 31.6 Å². The van der Waals surface area contributed by atoms with E-state index in [1.807, 2.05) is 48.5 Å². The van der Waals surface area contributed by atoms with E-state index in [2.05, 4.69) is 32.7 Å². The average molecular weight is 656 g/mol. The Bertz CT molecular complexity index is 1840. The van der Waals surface area contributed by atoms with Gasteiger partial charge in [-0.25, -0.2) is 29.5 Å². The number of fused-ring (bicyclic) bond motifs is 3. The van der Waals surface area contributed by atoms with Gasteiger partial charge in [-0.15, -0.1) is 12.1 Å². The number of pyridine rings is 2. The minimum atomic E-state index is -4.00. The van der Waals surface area contributed by atoms with E-state index in [9.17, 15) is 8.42 Å². The summed E-state index contributed by atoms with van der Waals surface area (Å²) in [5, 5.41) is 1.81. The van der Waals surface area contributed by atoms with Crippen LogP contribution in [0.5, 0.6) is 0 Å². The Hall–Kier alpha value is -3.60. The first-order valence-corrected chi connectivity index (χ1v) is 12.1. The molecule has 172 valence electrons. The standard InChI is InChI=1S/C28H17N3O2S.Pt/c32-34(33,28-13-4-6-17-30-28)22-9-7-8-20(18-22)21-14-15-24-23-10-1-2-11-25(23)31(26(24)19-21)27-12-3-5-16-29-27;/h1-17H;/q-2;+2/i13D;. The molecule has 3 heterocycles. The summed E-state index contributed by atoms with van der Waals surface area (Å²) < 4.78 is 36.4. The Kier molecular flexibility index (Phi) is 5.77. The van der Waals surface area contributed by atoms with Crippen LogP contribution in [-0.4, -0.2) is 23.0 Å². The van der Waals surface area contributed by atoms with E-state index >= 15 is 0 Å². The van der Waals surface area contributed by atoms with Crippen molar-refractivity contribution in [1.29, 1.82) is 0 Å². The maximum atomic E-state index is 13.2. The first-order chi connectivity index (χ1) is 17.0. The zero-order valence-electron chi connectivity index (χ0n) is 19.1. The van der Waals surface area contributed by atoms with Crippen molar-refractivity contribution in [2.45, 2.75) is 9.92 Å². The van der Waals surface area contributed by atoms with Crippen molar-refractivity contribution in [1.82, 2.24) is 14.5 Å². The van der Waals surface area contributed by atoms with Crippen molar-refractivity contribution in [3.63, 3.8) is 0 Å². The molecule has 5 nitrogen and oxygen atoms in total. The van der Waals surface area contributed by atoms with Crippen molar-refractivity contribution < 1.29 is 30.9 Å². The van der Waals surface area contributed by atoms with Crippen molar-refractivity contribution in [2.24, 2.45) is 0 Å². The fraction of sp³-hybridized carbons (Fsp3) is 0. The first kappa shape index (κ1) is 21.9. The summed E-state index contributed by atoms with van der Waals surface area (Å²) in [5.74, 6) is 0.769. The molecule has 0 aliphatic carbocycles. The third-order valence-electron chi connectivity index (χ3n) is 5.65. The van der Waals surface area contributed by atoms with Crippen LogP contribution in [0.2, 0.25) is 0 Å². The van der Waals surface area contributed by atoms with Crippen LogP contribution in [-0.2, 0) is 30.9 Å². The second-order valence-electron chi connectivity index (χ2n) is 7.69. The van der Waals surface area contributed by atoms with E-state index in [-0.39, 0.29) is 37.0 Å². The monoisotopic (exact) mass is 655 g/mol. The molecule has 3 aromatic heterocycles. The Labute approximate surface area is 218 Å². The van der Waals surface area contributed by atoms with Gasteiger partial charge in [0.05, 0.1) is 1.37 Å². The van der Waals surface area contributed by atoms with Gasteiger partial charge in [-0.1, -0.05) is 35.7 Å². The SMILES string of the molecule is [2H]c1cccnc1S(=O)(=O)c1[c-]c(-c2[c-]c3c(cc2)c2ccccc2n3-c2ccccn2)ccc1.[Pt+2]. The normalized spacial score (nSPS) is 11.8. The predicted octanol–water partition coefficient (Wildman–Crippen LogP) is 5.67. The van der Waals surface area contributed by atoms with Crippen LogP contribution < -0.4 is 0 Å². The molecule has 0 radical (unpaired) electrons. The summed E-state index contributed by atoms with van der Waals surface area (Å²) in [6.45, 7) is 0. The second kappa shape index (κ2) is 9.21. The molecule has 35 heavy (non-hydrogen) atoms. The van der Waals surface area contributed by atoms with Crippen LogP contribution >= 0.6 is 0 Å². The molecule has 0 saturated carbocycles. The van der Waals surface area contributed by atoms with Crippen LogP contribution in [0.3, 0.4) is 0 Å². The van der Waals surface area contributed by atoms with Crippen molar-refractivity contribution in [3.8, 4) is 16.9 Å². The molecule has 0 aliphatic rings. The smallest absolute Gasteiger partial charge is 0.314 e. The Morgan fingerprint density at radius 2 is 1.51 bits per heavy atom. The van der Waals surface area contributed by atoms with Gasteiger partial charge in [-0.3, -0.25) is 0 Å². The largest absolute Gasteiger partial charge is 2.00 e. The van der Waals surface area contributed by atoms with E-state index < -0.39 is 9.84 Å². The van der Waals surface area contributed by atoms with Crippen LogP contribution in [0.25, 0.3) is 38.8 Å². The van der Waals surface area contributed by atoms with Gasteiger partial charge in [0.25, 0.3) is 0 Å². The number of aromatic nitrogens is 3. The first-order valence-electron chi connectivity index (χ1n) is 11.1. The van der Waals surface area contributed by atoms with E-state index in [1.54, 1.807) is 18.3 Å². The average Bonchev–Trinajstić information content (AvgIpc) is 3.23. The number of nitrogens with zero attached hydrogens (tertiary/aromatic N) is 3. The van der Waals surface area contributed by atoms with Gasteiger partial charge in [0.2, 0.25) is 9.84 Å². The number of rotatable bonds is 4. The molecule has 0 fully saturated rings. The van der Waals surface area contributed by atoms with Crippen molar-refractivity contribution in [3.05, 3.63) is 115 Å². The number of hydrogen-bond donors (Lipinski definition) is 0. The number of para-hydroxylation sites is 1. The summed E-state index contributed by atoms with van der Waals surface area (Å²) >= 11 is 0. The zero-order chi connectivity index (χ0) is 24.0. The molecule has 0 bridgehead atoms. The van der Waals surface area contributed by atoms with Gasteiger partial charge in [-0.05, 0) is 46.1 Å². The zero-order valence-corrected chi connectivity index (χ0v) is 21.2. The Balaban J connectivity index is 0.00000267. The topological polar surface area (TPSA) is 64.8 Å². The van der Waals surface area contributed by atoms with Gasteiger partial charge >= 0.3 is 21.1 Å². The molecule has 6 aromatic rings. The van der Waals surface area contributed by atoms with Gasteiger partial charge in [0.15, 0.2) is 5.03 Å². The molecule has 0 unspecified atom stereocenters. The molecule has 7 heteroatoms. The molecule has 0 atom stereocenters. The molecule has 0 amide bonds. The Morgan fingerprint density at radius 3 is 2.34 bits per heavy atom. The van der Waals surface area contributed by atoms with Crippen LogP contribution in [0.4, 0.5) is 0 Å². The van der Waals surface area contributed by atoms with Crippen molar-refractivity contribution in [2.75, 3.05) is 0 Å². The van der Waals surface area contributed by atoms with E-state index in [1.165, 1.54) is 24.4 Å². The molecular weight excluding hydrogens is 637 g/mol. The molecule has 3 aromatic carbocycles. The molecule has 0 aliphatic heterocycles.